The molecule has 0 bridgehead atoms. The van der Waals surface area contributed by atoms with Gasteiger partial charge in [0.05, 0.1) is 6.61 Å². The second-order valence-electron chi connectivity index (χ2n) is 5.78. The van der Waals surface area contributed by atoms with E-state index in [1.807, 2.05) is 0 Å². The van der Waals surface area contributed by atoms with Crippen LogP contribution in [0.25, 0.3) is 0 Å². The predicted molar refractivity (Wildman–Crippen MR) is 90.9 cm³/mol. The van der Waals surface area contributed by atoms with E-state index >= 15 is 0 Å². The molecular weight excluding hydrogens is 324 g/mol. The van der Waals surface area contributed by atoms with Crippen LogP contribution in [0, 0.1) is 5.92 Å². The lowest BCUT2D eigenvalue weighted by Crippen LogP contribution is -2.20. The molecule has 0 amide bonds. The Morgan fingerprint density at radius 3 is 2.38 bits per heavy atom. The van der Waals surface area contributed by atoms with Crippen molar-refractivity contribution in [3.63, 3.8) is 0 Å². The molecule has 1 fully saturated rings. The Morgan fingerprint density at radius 2 is 1.71 bits per heavy atom. The van der Waals surface area contributed by atoms with E-state index in [9.17, 15) is 0 Å². The van der Waals surface area contributed by atoms with Crippen molar-refractivity contribution >= 4 is 15.9 Å². The molecule has 3 rings (SSSR count). The van der Waals surface area contributed by atoms with E-state index in [0.29, 0.717) is 10.7 Å². The van der Waals surface area contributed by atoms with Crippen LogP contribution in [0.1, 0.15) is 34.4 Å². The molecule has 2 heteroatoms. The van der Waals surface area contributed by atoms with Crippen molar-refractivity contribution < 1.29 is 4.74 Å². The van der Waals surface area contributed by atoms with Crippen molar-refractivity contribution in [3.8, 4) is 0 Å². The van der Waals surface area contributed by atoms with E-state index in [2.05, 4.69) is 70.5 Å². The smallest absolute Gasteiger partial charge is 0.0508 e. The van der Waals surface area contributed by atoms with Gasteiger partial charge in [0.15, 0.2) is 0 Å². The van der Waals surface area contributed by atoms with Gasteiger partial charge in [0.2, 0.25) is 0 Å². The lowest BCUT2D eigenvalue weighted by atomic mass is 9.93. The molecular formula is C19H21BrO. The molecule has 1 heterocycles. The fourth-order valence-corrected chi connectivity index (χ4v) is 3.64. The van der Waals surface area contributed by atoms with E-state index in [1.165, 1.54) is 29.5 Å². The van der Waals surface area contributed by atoms with Crippen LogP contribution in [0.3, 0.4) is 0 Å². The van der Waals surface area contributed by atoms with Crippen molar-refractivity contribution in [1.29, 1.82) is 0 Å². The van der Waals surface area contributed by atoms with Crippen LogP contribution in [-0.4, -0.2) is 13.2 Å². The summed E-state index contributed by atoms with van der Waals surface area (Å²) in [6.45, 7) is 1.80. The Labute approximate surface area is 135 Å². The summed E-state index contributed by atoms with van der Waals surface area (Å²) < 4.78 is 5.60. The Morgan fingerprint density at radius 1 is 1.00 bits per heavy atom. The number of hydrogen-bond acceptors (Lipinski definition) is 1. The molecule has 1 saturated heterocycles. The first-order chi connectivity index (χ1) is 10.3. The summed E-state index contributed by atoms with van der Waals surface area (Å²) >= 11 is 3.86. The Balaban J connectivity index is 1.66. The van der Waals surface area contributed by atoms with E-state index in [0.717, 1.165) is 19.6 Å². The number of halogens is 1. The average molecular weight is 345 g/mol. The lowest BCUT2D eigenvalue weighted by molar-refractivity contribution is 0.0546. The molecule has 2 atom stereocenters. The summed E-state index contributed by atoms with van der Waals surface area (Å²) in [5.41, 5.74) is 4.09. The van der Waals surface area contributed by atoms with Gasteiger partial charge in [0, 0.05) is 11.4 Å². The molecule has 21 heavy (non-hydrogen) atoms. The number of ether oxygens (including phenoxy) is 1. The SMILES string of the molecule is BrC(c1ccc(Cc2ccccc2)cc1)C1CCCOC1. The molecule has 0 spiro atoms. The maximum atomic E-state index is 5.60. The fourth-order valence-electron chi connectivity index (χ4n) is 2.92. The molecule has 1 nitrogen and oxygen atoms in total. The maximum absolute atomic E-state index is 5.60. The topological polar surface area (TPSA) is 9.23 Å². The second-order valence-corrected chi connectivity index (χ2v) is 6.77. The van der Waals surface area contributed by atoms with Crippen molar-refractivity contribution in [2.75, 3.05) is 13.2 Å². The molecule has 0 radical (unpaired) electrons. The third-order valence-electron chi connectivity index (χ3n) is 4.16. The van der Waals surface area contributed by atoms with Crippen LogP contribution in [-0.2, 0) is 11.2 Å². The molecule has 0 N–H and O–H groups in total. The second kappa shape index (κ2) is 7.24. The van der Waals surface area contributed by atoms with Crippen LogP contribution < -0.4 is 0 Å². The first-order valence-electron chi connectivity index (χ1n) is 7.67. The molecule has 110 valence electrons. The number of hydrogen-bond donors (Lipinski definition) is 0. The van der Waals surface area contributed by atoms with Gasteiger partial charge < -0.3 is 4.74 Å². The third-order valence-corrected chi connectivity index (χ3v) is 5.43. The fraction of sp³-hybridized carbons (Fsp3) is 0.368. The van der Waals surface area contributed by atoms with Gasteiger partial charge in [-0.05, 0) is 41.9 Å². The zero-order valence-electron chi connectivity index (χ0n) is 12.2. The van der Waals surface area contributed by atoms with Crippen LogP contribution in [0.4, 0.5) is 0 Å². The molecule has 0 aliphatic carbocycles. The Bertz CT molecular complexity index is 544. The van der Waals surface area contributed by atoms with Crippen molar-refractivity contribution in [2.24, 2.45) is 5.92 Å². The van der Waals surface area contributed by atoms with Crippen molar-refractivity contribution in [3.05, 3.63) is 71.3 Å². The molecule has 2 aromatic carbocycles. The largest absolute Gasteiger partial charge is 0.381 e. The minimum Gasteiger partial charge on any atom is -0.381 e. The zero-order chi connectivity index (χ0) is 14.5. The average Bonchev–Trinajstić information content (AvgIpc) is 2.57. The Hall–Kier alpha value is -1.12. The molecule has 0 aromatic heterocycles. The van der Waals surface area contributed by atoms with Gasteiger partial charge in [0.25, 0.3) is 0 Å². The molecule has 2 aromatic rings. The van der Waals surface area contributed by atoms with Gasteiger partial charge in [-0.25, -0.2) is 0 Å². The van der Waals surface area contributed by atoms with Gasteiger partial charge in [-0.2, -0.15) is 0 Å². The normalized spacial score (nSPS) is 20.1. The summed E-state index contributed by atoms with van der Waals surface area (Å²) in [6, 6.07) is 19.6. The van der Waals surface area contributed by atoms with E-state index < -0.39 is 0 Å². The van der Waals surface area contributed by atoms with Gasteiger partial charge in [-0.15, -0.1) is 0 Å². The highest BCUT2D eigenvalue weighted by molar-refractivity contribution is 9.09. The summed E-state index contributed by atoms with van der Waals surface area (Å²) in [6.07, 6.45) is 3.43. The predicted octanol–water partition coefficient (Wildman–Crippen LogP) is 5.14. The van der Waals surface area contributed by atoms with Crippen LogP contribution in [0.5, 0.6) is 0 Å². The highest BCUT2D eigenvalue weighted by atomic mass is 79.9. The van der Waals surface area contributed by atoms with Crippen molar-refractivity contribution in [2.45, 2.75) is 24.1 Å². The zero-order valence-corrected chi connectivity index (χ0v) is 13.8. The summed E-state index contributed by atoms with van der Waals surface area (Å²) in [4.78, 5) is 0.406. The monoisotopic (exact) mass is 344 g/mol. The first-order valence-corrected chi connectivity index (χ1v) is 8.59. The van der Waals surface area contributed by atoms with Gasteiger partial charge in [-0.3, -0.25) is 0 Å². The molecule has 2 unspecified atom stereocenters. The van der Waals surface area contributed by atoms with Crippen LogP contribution in [0.2, 0.25) is 0 Å². The minimum absolute atomic E-state index is 0.406. The highest BCUT2D eigenvalue weighted by Gasteiger charge is 2.23. The van der Waals surface area contributed by atoms with E-state index in [4.69, 9.17) is 4.74 Å². The number of benzene rings is 2. The van der Waals surface area contributed by atoms with Crippen molar-refractivity contribution in [1.82, 2.24) is 0 Å². The van der Waals surface area contributed by atoms with Crippen LogP contribution >= 0.6 is 15.9 Å². The number of alkyl halides is 1. The lowest BCUT2D eigenvalue weighted by Gasteiger charge is -2.26. The van der Waals surface area contributed by atoms with Gasteiger partial charge >= 0.3 is 0 Å². The van der Waals surface area contributed by atoms with Gasteiger partial charge in [0.1, 0.15) is 0 Å². The summed E-state index contributed by atoms with van der Waals surface area (Å²) in [5, 5.41) is 0. The molecule has 1 aliphatic heterocycles. The summed E-state index contributed by atoms with van der Waals surface area (Å²) in [5.74, 6) is 0.596. The molecule has 0 saturated carbocycles. The first kappa shape index (κ1) is 14.8. The maximum Gasteiger partial charge on any atom is 0.0508 e. The number of rotatable bonds is 4. The molecule has 1 aliphatic rings. The standard InChI is InChI=1S/C19H21BrO/c20-19(18-7-4-12-21-14-18)17-10-8-16(9-11-17)13-15-5-2-1-3-6-15/h1-3,5-6,8-11,18-19H,4,7,12-14H2. The third kappa shape index (κ3) is 3.96. The minimum atomic E-state index is 0.406. The van der Waals surface area contributed by atoms with E-state index in [-0.39, 0.29) is 0 Å². The van der Waals surface area contributed by atoms with E-state index in [1.54, 1.807) is 0 Å². The van der Waals surface area contributed by atoms with Gasteiger partial charge in [-0.1, -0.05) is 70.5 Å². The highest BCUT2D eigenvalue weighted by Crippen LogP contribution is 2.35. The summed E-state index contributed by atoms with van der Waals surface area (Å²) in [7, 11) is 0. The Kier molecular flexibility index (Phi) is 5.10. The quantitative estimate of drug-likeness (QED) is 0.697. The van der Waals surface area contributed by atoms with Crippen LogP contribution in [0.15, 0.2) is 54.6 Å².